The summed E-state index contributed by atoms with van der Waals surface area (Å²) in [5, 5.41) is 4.97. The molecule has 3 heterocycles. The number of nitrogens with zero attached hydrogens (tertiary/aromatic N) is 3. The van der Waals surface area contributed by atoms with Crippen LogP contribution in [0, 0.1) is 5.92 Å². The molecule has 0 radical (unpaired) electrons. The van der Waals surface area contributed by atoms with Crippen LogP contribution in [0.3, 0.4) is 0 Å². The van der Waals surface area contributed by atoms with Gasteiger partial charge in [0.1, 0.15) is 5.75 Å². The van der Waals surface area contributed by atoms with E-state index >= 15 is 0 Å². The van der Waals surface area contributed by atoms with E-state index in [9.17, 15) is 0 Å². The lowest BCUT2D eigenvalue weighted by Gasteiger charge is -2.34. The maximum Gasteiger partial charge on any atom is 0.119 e. The number of para-hydroxylation sites is 1. The molecule has 1 aromatic heterocycles. The largest absolute Gasteiger partial charge is 0.497 e. The zero-order chi connectivity index (χ0) is 19.6. The van der Waals surface area contributed by atoms with Gasteiger partial charge in [-0.3, -0.25) is 15.8 Å². The van der Waals surface area contributed by atoms with Gasteiger partial charge in [0.15, 0.2) is 0 Å². The smallest absolute Gasteiger partial charge is 0.119 e. The first-order chi connectivity index (χ1) is 14.3. The summed E-state index contributed by atoms with van der Waals surface area (Å²) >= 11 is 0. The predicted molar refractivity (Wildman–Crippen MR) is 114 cm³/mol. The number of likely N-dealkylation sites (tertiary alicyclic amines) is 1. The molecule has 2 saturated heterocycles. The van der Waals surface area contributed by atoms with Crippen molar-refractivity contribution >= 4 is 0 Å². The van der Waals surface area contributed by atoms with Crippen molar-refractivity contribution in [3.63, 3.8) is 0 Å². The van der Waals surface area contributed by atoms with E-state index < -0.39 is 0 Å². The summed E-state index contributed by atoms with van der Waals surface area (Å²) in [7, 11) is 1.70. The third-order valence-corrected chi connectivity index (χ3v) is 6.02. The van der Waals surface area contributed by atoms with Crippen LogP contribution in [0.5, 0.6) is 5.75 Å². The molecule has 2 unspecified atom stereocenters. The maximum atomic E-state index is 5.45. The van der Waals surface area contributed by atoms with Crippen LogP contribution in [0.4, 0.5) is 0 Å². The molecular weight excluding hydrogens is 362 g/mol. The third-order valence-electron chi connectivity index (χ3n) is 6.02. The second-order valence-corrected chi connectivity index (χ2v) is 7.93. The molecule has 5 rings (SSSR count). The lowest BCUT2D eigenvalue weighted by atomic mass is 9.94. The summed E-state index contributed by atoms with van der Waals surface area (Å²) in [4.78, 5) is 2.56. The summed E-state index contributed by atoms with van der Waals surface area (Å²) in [5.74, 6) is 1.53. The Morgan fingerprint density at radius 2 is 2.03 bits per heavy atom. The van der Waals surface area contributed by atoms with Gasteiger partial charge in [-0.25, -0.2) is 4.68 Å². The molecule has 29 heavy (non-hydrogen) atoms. The number of nitrogens with one attached hydrogen (secondary N) is 2. The second-order valence-electron chi connectivity index (χ2n) is 7.93. The molecule has 6 heteroatoms. The minimum Gasteiger partial charge on any atom is -0.497 e. The van der Waals surface area contributed by atoms with Crippen LogP contribution in [0.1, 0.15) is 12.0 Å². The van der Waals surface area contributed by atoms with E-state index in [0.717, 1.165) is 48.9 Å². The molecule has 0 aliphatic carbocycles. The quantitative estimate of drug-likeness (QED) is 0.703. The average Bonchev–Trinajstić information content (AvgIpc) is 3.41. The van der Waals surface area contributed by atoms with Gasteiger partial charge < -0.3 is 4.74 Å². The van der Waals surface area contributed by atoms with Gasteiger partial charge in [-0.2, -0.15) is 5.10 Å². The van der Waals surface area contributed by atoms with Crippen molar-refractivity contribution in [1.29, 1.82) is 0 Å². The van der Waals surface area contributed by atoms with Crippen LogP contribution in [0.15, 0.2) is 60.8 Å². The van der Waals surface area contributed by atoms with Crippen LogP contribution in [-0.2, 0) is 6.54 Å². The fourth-order valence-corrected chi connectivity index (χ4v) is 4.46. The Bertz CT molecular complexity index is 970. The van der Waals surface area contributed by atoms with Gasteiger partial charge in [-0.15, -0.1) is 0 Å². The number of piperidine rings is 1. The SMILES string of the molecule is COc1cccc(-c2nn(-c3ccccc3)cc2CN2CCC3NNCC3C2)c1. The molecule has 150 valence electrons. The Morgan fingerprint density at radius 1 is 1.14 bits per heavy atom. The Kier molecular flexibility index (Phi) is 5.06. The molecule has 3 aromatic rings. The summed E-state index contributed by atoms with van der Waals surface area (Å²) in [6.45, 7) is 4.17. The number of rotatable bonds is 5. The first-order valence-electron chi connectivity index (χ1n) is 10.3. The maximum absolute atomic E-state index is 5.45. The van der Waals surface area contributed by atoms with E-state index in [4.69, 9.17) is 9.84 Å². The minimum atomic E-state index is 0.608. The highest BCUT2D eigenvalue weighted by Gasteiger charge is 2.33. The van der Waals surface area contributed by atoms with E-state index in [-0.39, 0.29) is 0 Å². The Morgan fingerprint density at radius 3 is 2.90 bits per heavy atom. The molecule has 2 N–H and O–H groups in total. The van der Waals surface area contributed by atoms with Gasteiger partial charge >= 0.3 is 0 Å². The topological polar surface area (TPSA) is 54.4 Å². The molecule has 2 aromatic carbocycles. The molecule has 2 atom stereocenters. The van der Waals surface area contributed by atoms with E-state index in [1.165, 1.54) is 12.0 Å². The number of hydrogen-bond donors (Lipinski definition) is 2. The predicted octanol–water partition coefficient (Wildman–Crippen LogP) is 2.85. The lowest BCUT2D eigenvalue weighted by molar-refractivity contribution is 0.161. The van der Waals surface area contributed by atoms with Crippen molar-refractivity contribution in [1.82, 2.24) is 25.5 Å². The molecular formula is C23H27N5O. The second kappa shape index (κ2) is 7.99. The van der Waals surface area contributed by atoms with Crippen LogP contribution >= 0.6 is 0 Å². The summed E-state index contributed by atoms with van der Waals surface area (Å²) in [6, 6.07) is 19.1. The van der Waals surface area contributed by atoms with Crippen LogP contribution in [0.2, 0.25) is 0 Å². The zero-order valence-electron chi connectivity index (χ0n) is 16.7. The van der Waals surface area contributed by atoms with E-state index in [1.807, 2.05) is 35.0 Å². The fourth-order valence-electron chi connectivity index (χ4n) is 4.46. The molecule has 0 spiro atoms. The summed E-state index contributed by atoms with van der Waals surface area (Å²) in [5.41, 5.74) is 11.2. The van der Waals surface area contributed by atoms with Crippen LogP contribution in [0.25, 0.3) is 16.9 Å². The normalized spacial score (nSPS) is 21.8. The van der Waals surface area contributed by atoms with Gasteiger partial charge in [0.05, 0.1) is 18.5 Å². The molecule has 2 fully saturated rings. The van der Waals surface area contributed by atoms with Gasteiger partial charge in [-0.1, -0.05) is 30.3 Å². The highest BCUT2D eigenvalue weighted by atomic mass is 16.5. The standard InChI is InChI=1S/C23H27N5O/c1-29-21-9-5-6-17(12-21)23-19(16-28(26-23)20-7-3-2-4-8-20)15-27-11-10-22-18(14-27)13-24-25-22/h2-9,12,16,18,22,24-25H,10-11,13-15H2,1H3. The van der Waals surface area contributed by atoms with Crippen molar-refractivity contribution in [3.8, 4) is 22.7 Å². The van der Waals surface area contributed by atoms with E-state index in [0.29, 0.717) is 12.0 Å². The number of benzene rings is 2. The third kappa shape index (κ3) is 3.79. The number of hydrogen-bond acceptors (Lipinski definition) is 5. The first-order valence-corrected chi connectivity index (χ1v) is 10.3. The van der Waals surface area contributed by atoms with Crippen molar-refractivity contribution in [3.05, 3.63) is 66.4 Å². The minimum absolute atomic E-state index is 0.608. The number of fused-ring (bicyclic) bond motifs is 1. The average molecular weight is 390 g/mol. The monoisotopic (exact) mass is 389 g/mol. The number of aromatic nitrogens is 2. The van der Waals surface area contributed by atoms with E-state index in [2.05, 4.69) is 46.2 Å². The molecule has 6 nitrogen and oxygen atoms in total. The van der Waals surface area contributed by atoms with Crippen molar-refractivity contribution in [2.45, 2.75) is 19.0 Å². The Balaban J connectivity index is 1.48. The van der Waals surface area contributed by atoms with Crippen LogP contribution in [-0.4, -0.2) is 47.5 Å². The number of methoxy groups -OCH3 is 1. The highest BCUT2D eigenvalue weighted by Crippen LogP contribution is 2.29. The van der Waals surface area contributed by atoms with Gasteiger partial charge in [-0.05, 0) is 30.7 Å². The molecule has 2 aliphatic rings. The Hall–Kier alpha value is -2.67. The molecule has 0 saturated carbocycles. The first kappa shape index (κ1) is 18.4. The van der Waals surface area contributed by atoms with Crippen LogP contribution < -0.4 is 15.6 Å². The number of hydrazine groups is 1. The van der Waals surface area contributed by atoms with Crippen molar-refractivity contribution in [2.24, 2.45) is 5.92 Å². The van der Waals surface area contributed by atoms with Gasteiger partial charge in [0, 0.05) is 55.5 Å². The Labute approximate surface area is 171 Å². The summed E-state index contributed by atoms with van der Waals surface area (Å²) in [6.07, 6.45) is 3.36. The molecule has 2 aliphatic heterocycles. The summed E-state index contributed by atoms with van der Waals surface area (Å²) < 4.78 is 7.44. The highest BCUT2D eigenvalue weighted by molar-refractivity contribution is 5.65. The van der Waals surface area contributed by atoms with Crippen molar-refractivity contribution < 1.29 is 4.74 Å². The molecule has 0 amide bonds. The van der Waals surface area contributed by atoms with Gasteiger partial charge in [0.25, 0.3) is 0 Å². The van der Waals surface area contributed by atoms with E-state index in [1.54, 1.807) is 7.11 Å². The number of ether oxygens (including phenoxy) is 1. The lowest BCUT2D eigenvalue weighted by Crippen LogP contribution is -2.44. The van der Waals surface area contributed by atoms with Gasteiger partial charge in [0.2, 0.25) is 0 Å². The zero-order valence-corrected chi connectivity index (χ0v) is 16.7. The molecule has 0 bridgehead atoms. The van der Waals surface area contributed by atoms with Crippen molar-refractivity contribution in [2.75, 3.05) is 26.7 Å². The fraction of sp³-hybridized carbons (Fsp3) is 0.348.